The highest BCUT2D eigenvalue weighted by Crippen LogP contribution is 2.14. The van der Waals surface area contributed by atoms with Crippen LogP contribution in [-0.2, 0) is 11.2 Å². The van der Waals surface area contributed by atoms with Crippen molar-refractivity contribution in [1.29, 1.82) is 0 Å². The number of hydrogen-bond donors (Lipinski definition) is 1. The highest BCUT2D eigenvalue weighted by atomic mass is 79.9. The molecule has 0 amide bonds. The second kappa shape index (κ2) is 6.79. The Bertz CT molecular complexity index is 513. The van der Waals surface area contributed by atoms with E-state index in [4.69, 9.17) is 15.0 Å². The van der Waals surface area contributed by atoms with Crippen molar-refractivity contribution in [1.82, 2.24) is 10.1 Å². The van der Waals surface area contributed by atoms with Gasteiger partial charge in [0.2, 0.25) is 5.89 Å². The average molecular weight is 326 g/mol. The van der Waals surface area contributed by atoms with E-state index in [1.54, 1.807) is 0 Å². The monoisotopic (exact) mass is 325 g/mol. The fourth-order valence-electron chi connectivity index (χ4n) is 1.59. The van der Waals surface area contributed by atoms with Crippen molar-refractivity contribution in [2.75, 3.05) is 13.2 Å². The molecule has 0 radical (unpaired) electrons. The summed E-state index contributed by atoms with van der Waals surface area (Å²) in [6.07, 6.45) is 0.599. The van der Waals surface area contributed by atoms with E-state index in [9.17, 15) is 0 Å². The molecular formula is C13H16BrN3O2. The lowest BCUT2D eigenvalue weighted by molar-refractivity contribution is 0.130. The Kier molecular flexibility index (Phi) is 5.07. The first-order valence-corrected chi connectivity index (χ1v) is 6.88. The highest BCUT2D eigenvalue weighted by molar-refractivity contribution is 9.10. The van der Waals surface area contributed by atoms with Gasteiger partial charge in [-0.25, -0.2) is 0 Å². The predicted octanol–water partition coefficient (Wildman–Crippen LogP) is 2.46. The molecule has 0 spiro atoms. The minimum Gasteiger partial charge on any atom is -0.380 e. The van der Waals surface area contributed by atoms with Gasteiger partial charge in [0.05, 0.1) is 19.1 Å². The van der Waals surface area contributed by atoms with Gasteiger partial charge in [-0.3, -0.25) is 0 Å². The van der Waals surface area contributed by atoms with Crippen molar-refractivity contribution >= 4 is 15.9 Å². The van der Waals surface area contributed by atoms with Crippen molar-refractivity contribution in [3.8, 4) is 0 Å². The second-order valence-corrected chi connectivity index (χ2v) is 5.03. The summed E-state index contributed by atoms with van der Waals surface area (Å²) in [6.45, 7) is 2.94. The number of rotatable bonds is 6. The lowest BCUT2D eigenvalue weighted by atomic mass is 10.1. The number of nitrogens with two attached hydrogens (primary N) is 1. The molecule has 0 aliphatic rings. The zero-order valence-corrected chi connectivity index (χ0v) is 12.3. The van der Waals surface area contributed by atoms with Gasteiger partial charge >= 0.3 is 0 Å². The van der Waals surface area contributed by atoms with Crippen LogP contribution in [0.5, 0.6) is 0 Å². The topological polar surface area (TPSA) is 74.2 Å². The summed E-state index contributed by atoms with van der Waals surface area (Å²) in [5, 5.41) is 3.88. The molecule has 5 nitrogen and oxygen atoms in total. The molecule has 2 rings (SSSR count). The first-order chi connectivity index (χ1) is 9.19. The summed E-state index contributed by atoms with van der Waals surface area (Å²) in [4.78, 5) is 4.29. The number of ether oxygens (including phenoxy) is 1. The van der Waals surface area contributed by atoms with E-state index in [1.807, 2.05) is 31.2 Å². The van der Waals surface area contributed by atoms with Crippen molar-refractivity contribution in [3.05, 3.63) is 46.0 Å². The highest BCUT2D eigenvalue weighted by Gasteiger charge is 2.14. The SMILES string of the molecule is CCOCC(N)c1noc(Cc2ccc(Br)cc2)n1. The van der Waals surface area contributed by atoms with Gasteiger partial charge in [0.15, 0.2) is 5.82 Å². The number of aromatic nitrogens is 2. The van der Waals surface area contributed by atoms with E-state index in [1.165, 1.54) is 0 Å². The molecule has 2 N–H and O–H groups in total. The second-order valence-electron chi connectivity index (χ2n) is 4.12. The van der Waals surface area contributed by atoms with Crippen molar-refractivity contribution < 1.29 is 9.26 Å². The lowest BCUT2D eigenvalue weighted by Gasteiger charge is -2.05. The van der Waals surface area contributed by atoms with Crippen LogP contribution in [0, 0.1) is 0 Å². The van der Waals surface area contributed by atoms with Gasteiger partial charge in [-0.15, -0.1) is 0 Å². The fourth-order valence-corrected chi connectivity index (χ4v) is 1.85. The molecule has 0 aliphatic heterocycles. The van der Waals surface area contributed by atoms with E-state index in [2.05, 4.69) is 26.1 Å². The zero-order valence-electron chi connectivity index (χ0n) is 10.7. The van der Waals surface area contributed by atoms with Gasteiger partial charge < -0.3 is 15.0 Å². The molecule has 102 valence electrons. The third-order valence-corrected chi connectivity index (χ3v) is 3.11. The largest absolute Gasteiger partial charge is 0.380 e. The van der Waals surface area contributed by atoms with Gasteiger partial charge in [-0.2, -0.15) is 4.98 Å². The van der Waals surface area contributed by atoms with Gasteiger partial charge in [0.1, 0.15) is 0 Å². The van der Waals surface area contributed by atoms with Gasteiger partial charge in [-0.1, -0.05) is 33.2 Å². The first-order valence-electron chi connectivity index (χ1n) is 6.09. The molecule has 0 fully saturated rings. The summed E-state index contributed by atoms with van der Waals surface area (Å²) in [6, 6.07) is 7.63. The Labute approximate surface area is 120 Å². The number of benzene rings is 1. The first kappa shape index (κ1) is 14.2. The van der Waals surface area contributed by atoms with E-state index in [-0.39, 0.29) is 6.04 Å². The van der Waals surface area contributed by atoms with Crippen molar-refractivity contribution in [3.63, 3.8) is 0 Å². The maximum absolute atomic E-state index is 5.89. The van der Waals surface area contributed by atoms with Gasteiger partial charge in [-0.05, 0) is 24.6 Å². The molecule has 1 aromatic heterocycles. The Balaban J connectivity index is 1.98. The number of nitrogens with zero attached hydrogens (tertiary/aromatic N) is 2. The third-order valence-electron chi connectivity index (χ3n) is 2.59. The summed E-state index contributed by atoms with van der Waals surface area (Å²) in [7, 11) is 0. The molecule has 1 unspecified atom stereocenters. The van der Waals surface area contributed by atoms with Gasteiger partial charge in [0.25, 0.3) is 0 Å². The molecule has 0 aliphatic carbocycles. The van der Waals surface area contributed by atoms with E-state index in [0.29, 0.717) is 31.3 Å². The molecular weight excluding hydrogens is 310 g/mol. The van der Waals surface area contributed by atoms with E-state index in [0.717, 1.165) is 10.0 Å². The van der Waals surface area contributed by atoms with Crippen LogP contribution in [0.2, 0.25) is 0 Å². The van der Waals surface area contributed by atoms with Gasteiger partial charge in [0, 0.05) is 11.1 Å². The van der Waals surface area contributed by atoms with E-state index < -0.39 is 0 Å². The Morgan fingerprint density at radius 2 is 2.11 bits per heavy atom. The number of halogens is 1. The molecule has 1 heterocycles. The van der Waals surface area contributed by atoms with Crippen LogP contribution in [0.15, 0.2) is 33.3 Å². The molecule has 1 atom stereocenters. The maximum Gasteiger partial charge on any atom is 0.231 e. The molecule has 19 heavy (non-hydrogen) atoms. The average Bonchev–Trinajstić information content (AvgIpc) is 2.87. The molecule has 2 aromatic rings. The summed E-state index contributed by atoms with van der Waals surface area (Å²) >= 11 is 3.40. The van der Waals surface area contributed by atoms with Crippen LogP contribution in [-0.4, -0.2) is 23.4 Å². The molecule has 0 saturated heterocycles. The quantitative estimate of drug-likeness (QED) is 0.883. The maximum atomic E-state index is 5.89. The zero-order chi connectivity index (χ0) is 13.7. The van der Waals surface area contributed by atoms with Crippen LogP contribution >= 0.6 is 15.9 Å². The normalized spacial score (nSPS) is 12.6. The predicted molar refractivity (Wildman–Crippen MR) is 74.7 cm³/mol. The van der Waals surface area contributed by atoms with E-state index >= 15 is 0 Å². The third kappa shape index (κ3) is 4.12. The Morgan fingerprint density at radius 1 is 1.37 bits per heavy atom. The Hall–Kier alpha value is -1.24. The molecule has 0 saturated carbocycles. The summed E-state index contributed by atoms with van der Waals surface area (Å²) in [5.41, 5.74) is 7.00. The van der Waals surface area contributed by atoms with Crippen LogP contribution in [0.1, 0.15) is 30.2 Å². The molecule has 0 bridgehead atoms. The van der Waals surface area contributed by atoms with Crippen LogP contribution in [0.3, 0.4) is 0 Å². The van der Waals surface area contributed by atoms with Crippen LogP contribution in [0.25, 0.3) is 0 Å². The van der Waals surface area contributed by atoms with Crippen molar-refractivity contribution in [2.45, 2.75) is 19.4 Å². The van der Waals surface area contributed by atoms with Crippen LogP contribution < -0.4 is 5.73 Å². The number of hydrogen-bond acceptors (Lipinski definition) is 5. The summed E-state index contributed by atoms with van der Waals surface area (Å²) in [5.74, 6) is 1.05. The minimum absolute atomic E-state index is 0.345. The molecule has 1 aromatic carbocycles. The lowest BCUT2D eigenvalue weighted by Crippen LogP contribution is -2.18. The van der Waals surface area contributed by atoms with Crippen LogP contribution in [0.4, 0.5) is 0 Å². The smallest absolute Gasteiger partial charge is 0.231 e. The molecule has 6 heteroatoms. The fraction of sp³-hybridized carbons (Fsp3) is 0.385. The Morgan fingerprint density at radius 3 is 2.79 bits per heavy atom. The van der Waals surface area contributed by atoms with Crippen molar-refractivity contribution in [2.24, 2.45) is 5.73 Å². The summed E-state index contributed by atoms with van der Waals surface area (Å²) < 4.78 is 11.5. The standard InChI is InChI=1S/C13H16BrN3O2/c1-2-18-8-11(15)13-16-12(19-17-13)7-9-3-5-10(14)6-4-9/h3-6,11H,2,7-8,15H2,1H3. The minimum atomic E-state index is -0.345.